The Morgan fingerprint density at radius 1 is 1.29 bits per heavy atom. The van der Waals surface area contributed by atoms with E-state index in [0.29, 0.717) is 33.5 Å². The van der Waals surface area contributed by atoms with Gasteiger partial charge < -0.3 is 9.88 Å². The molecular formula is C21H21ClN4OS. The molecule has 7 heteroatoms. The van der Waals surface area contributed by atoms with Crippen LogP contribution in [0, 0.1) is 0 Å². The predicted octanol–water partition coefficient (Wildman–Crippen LogP) is 4.11. The molecule has 0 amide bonds. The Bertz CT molecular complexity index is 1070. The van der Waals surface area contributed by atoms with Gasteiger partial charge in [-0.05, 0) is 30.2 Å². The highest BCUT2D eigenvalue weighted by atomic mass is 35.5. The highest BCUT2D eigenvalue weighted by Crippen LogP contribution is 2.26. The lowest BCUT2D eigenvalue weighted by Crippen LogP contribution is -2.27. The number of benzene rings is 2. The second-order valence-corrected chi connectivity index (χ2v) is 8.73. The predicted molar refractivity (Wildman–Crippen MR) is 117 cm³/mol. The van der Waals surface area contributed by atoms with Crippen LogP contribution in [0.25, 0.3) is 10.9 Å². The van der Waals surface area contributed by atoms with Crippen molar-refractivity contribution in [1.29, 1.82) is 0 Å². The molecule has 144 valence electrons. The van der Waals surface area contributed by atoms with Gasteiger partial charge in [0.2, 0.25) is 0 Å². The molecule has 1 fully saturated rings. The Hall–Kier alpha value is -2.31. The second-order valence-electron chi connectivity index (χ2n) is 6.88. The van der Waals surface area contributed by atoms with Crippen molar-refractivity contribution in [2.45, 2.75) is 25.1 Å². The smallest absolute Gasteiger partial charge is 0.258 e. The Kier molecular flexibility index (Phi) is 5.69. The molecule has 0 aliphatic carbocycles. The summed E-state index contributed by atoms with van der Waals surface area (Å²) in [5.74, 6) is 0.630. The van der Waals surface area contributed by atoms with Crippen LogP contribution in [-0.2, 0) is 13.0 Å². The van der Waals surface area contributed by atoms with Gasteiger partial charge in [0, 0.05) is 23.4 Å². The number of nitrogens with zero attached hydrogens (tertiary/aromatic N) is 3. The lowest BCUT2D eigenvalue weighted by molar-refractivity contribution is 0.423. The van der Waals surface area contributed by atoms with Crippen LogP contribution in [0.3, 0.4) is 0 Å². The Labute approximate surface area is 172 Å². The van der Waals surface area contributed by atoms with Gasteiger partial charge in [0.1, 0.15) is 5.82 Å². The molecule has 28 heavy (non-hydrogen) atoms. The van der Waals surface area contributed by atoms with E-state index in [-0.39, 0.29) is 5.56 Å². The molecule has 1 atom stereocenters. The Morgan fingerprint density at radius 3 is 2.93 bits per heavy atom. The maximum atomic E-state index is 12.4. The number of rotatable bonds is 5. The second kappa shape index (κ2) is 8.37. The molecule has 1 saturated heterocycles. The molecule has 1 unspecified atom stereocenters. The molecule has 3 aromatic rings. The third-order valence-electron chi connectivity index (χ3n) is 4.60. The zero-order chi connectivity index (χ0) is 19.5. The third-order valence-corrected chi connectivity index (χ3v) is 5.99. The number of nitrogens with one attached hydrogen (secondary N) is 1. The van der Waals surface area contributed by atoms with Gasteiger partial charge in [0.05, 0.1) is 17.4 Å². The summed E-state index contributed by atoms with van der Waals surface area (Å²) in [4.78, 5) is 26.9. The molecule has 0 saturated carbocycles. The van der Waals surface area contributed by atoms with Gasteiger partial charge in [-0.15, -0.1) is 0 Å². The normalized spacial score (nSPS) is 18.3. The van der Waals surface area contributed by atoms with Gasteiger partial charge in [-0.2, -0.15) is 0 Å². The number of fused-ring (bicyclic) bond motifs is 1. The van der Waals surface area contributed by atoms with E-state index in [1.54, 1.807) is 30.0 Å². The number of hydrogen-bond acceptors (Lipinski definition) is 4. The van der Waals surface area contributed by atoms with Crippen molar-refractivity contribution in [3.63, 3.8) is 0 Å². The van der Waals surface area contributed by atoms with Crippen LogP contribution < -0.4 is 5.56 Å². The van der Waals surface area contributed by atoms with Crippen molar-refractivity contribution in [2.24, 2.45) is 4.99 Å². The summed E-state index contributed by atoms with van der Waals surface area (Å²) in [5.41, 5.74) is 1.76. The van der Waals surface area contributed by atoms with Crippen LogP contribution >= 0.6 is 23.4 Å². The van der Waals surface area contributed by atoms with E-state index >= 15 is 0 Å². The van der Waals surface area contributed by atoms with Crippen molar-refractivity contribution in [3.8, 4) is 0 Å². The average Bonchev–Trinajstić information content (AvgIpc) is 3.01. The summed E-state index contributed by atoms with van der Waals surface area (Å²) >= 11 is 7.83. The number of halogens is 1. The number of aromatic amines is 1. The van der Waals surface area contributed by atoms with Crippen LogP contribution in [0.15, 0.2) is 58.3 Å². The molecule has 5 nitrogen and oxygen atoms in total. The van der Waals surface area contributed by atoms with Crippen LogP contribution in [0.4, 0.5) is 0 Å². The van der Waals surface area contributed by atoms with Gasteiger partial charge in [-0.3, -0.25) is 9.79 Å². The minimum Gasteiger partial charge on any atom is -0.343 e. The molecule has 1 aliphatic rings. The third kappa shape index (κ3) is 4.39. The highest BCUT2D eigenvalue weighted by molar-refractivity contribution is 8.14. The number of aromatic nitrogens is 2. The zero-order valence-corrected chi connectivity index (χ0v) is 17.1. The van der Waals surface area contributed by atoms with Crippen LogP contribution in [-0.4, -0.2) is 38.4 Å². The summed E-state index contributed by atoms with van der Waals surface area (Å²) in [6.07, 6.45) is 0.913. The van der Waals surface area contributed by atoms with E-state index in [9.17, 15) is 4.79 Å². The number of H-pyrrole nitrogens is 1. The number of hydrogen-bond donors (Lipinski definition) is 1. The minimum atomic E-state index is -0.140. The van der Waals surface area contributed by atoms with Crippen molar-refractivity contribution in [1.82, 2.24) is 14.9 Å². The van der Waals surface area contributed by atoms with Crippen molar-refractivity contribution in [2.75, 3.05) is 13.1 Å². The van der Waals surface area contributed by atoms with E-state index in [0.717, 1.165) is 24.7 Å². The first-order valence-corrected chi connectivity index (χ1v) is 10.5. The summed E-state index contributed by atoms with van der Waals surface area (Å²) in [7, 11) is 0. The molecule has 4 rings (SSSR count). The van der Waals surface area contributed by atoms with E-state index < -0.39 is 0 Å². The van der Waals surface area contributed by atoms with Gasteiger partial charge in [0.15, 0.2) is 5.17 Å². The molecule has 1 aliphatic heterocycles. The number of aliphatic imine (C=N–C) groups is 1. The first-order valence-electron chi connectivity index (χ1n) is 9.27. The molecule has 2 aromatic carbocycles. The first kappa shape index (κ1) is 19.0. The monoisotopic (exact) mass is 412 g/mol. The van der Waals surface area contributed by atoms with Crippen molar-refractivity contribution < 1.29 is 0 Å². The SMILES string of the molecule is CC1CN(Cc2nc3cc(Cl)ccc3c(=O)[nH]2)C(=NCCc2ccccc2)S1. The number of thioether (sulfide) groups is 1. The lowest BCUT2D eigenvalue weighted by atomic mass is 10.2. The molecule has 0 radical (unpaired) electrons. The maximum absolute atomic E-state index is 12.4. The summed E-state index contributed by atoms with van der Waals surface area (Å²) in [5, 5.41) is 2.59. The van der Waals surface area contributed by atoms with E-state index in [1.807, 2.05) is 6.07 Å². The highest BCUT2D eigenvalue weighted by Gasteiger charge is 2.26. The minimum absolute atomic E-state index is 0.140. The van der Waals surface area contributed by atoms with Crippen molar-refractivity contribution >= 4 is 39.4 Å². The van der Waals surface area contributed by atoms with E-state index in [4.69, 9.17) is 16.6 Å². The first-order chi connectivity index (χ1) is 13.6. The maximum Gasteiger partial charge on any atom is 0.258 e. The molecular weight excluding hydrogens is 392 g/mol. The zero-order valence-electron chi connectivity index (χ0n) is 15.6. The van der Waals surface area contributed by atoms with Gasteiger partial charge in [-0.1, -0.05) is 60.6 Å². The largest absolute Gasteiger partial charge is 0.343 e. The summed E-state index contributed by atoms with van der Waals surface area (Å²) < 4.78 is 0. The van der Waals surface area contributed by atoms with Gasteiger partial charge in [-0.25, -0.2) is 4.98 Å². The fraction of sp³-hybridized carbons (Fsp3) is 0.286. The van der Waals surface area contributed by atoms with Crippen LogP contribution in [0.5, 0.6) is 0 Å². The molecule has 0 spiro atoms. The summed E-state index contributed by atoms with van der Waals surface area (Å²) in [6.45, 7) is 4.34. The van der Waals surface area contributed by atoms with Gasteiger partial charge in [0.25, 0.3) is 5.56 Å². The summed E-state index contributed by atoms with van der Waals surface area (Å²) in [6, 6.07) is 15.5. The van der Waals surface area contributed by atoms with Gasteiger partial charge >= 0.3 is 0 Å². The lowest BCUT2D eigenvalue weighted by Gasteiger charge is -2.17. The number of amidine groups is 1. The fourth-order valence-electron chi connectivity index (χ4n) is 3.29. The molecule has 0 bridgehead atoms. The van der Waals surface area contributed by atoms with Crippen LogP contribution in [0.1, 0.15) is 18.3 Å². The Morgan fingerprint density at radius 2 is 2.11 bits per heavy atom. The molecule has 2 heterocycles. The molecule has 1 aromatic heterocycles. The van der Waals surface area contributed by atoms with Crippen molar-refractivity contribution in [3.05, 3.63) is 75.3 Å². The van der Waals surface area contributed by atoms with E-state index in [2.05, 4.69) is 46.1 Å². The quantitative estimate of drug-likeness (QED) is 0.685. The Balaban J connectivity index is 1.51. The standard InChI is InChI=1S/C21H21ClN4OS/c1-14-12-26(21(28-14)23-10-9-15-5-3-2-4-6-15)13-19-24-18-11-16(22)7-8-17(18)20(27)25-19/h2-8,11,14H,9-10,12-13H2,1H3,(H,24,25,27). The molecule has 1 N–H and O–H groups in total. The topological polar surface area (TPSA) is 61.4 Å². The average molecular weight is 413 g/mol. The fourth-order valence-corrected chi connectivity index (χ4v) is 4.53. The van der Waals surface area contributed by atoms with Crippen LogP contribution in [0.2, 0.25) is 5.02 Å². The van der Waals surface area contributed by atoms with E-state index in [1.165, 1.54) is 5.56 Å².